The van der Waals surface area contributed by atoms with E-state index in [1.807, 2.05) is 38.2 Å². The van der Waals surface area contributed by atoms with Gasteiger partial charge in [-0.3, -0.25) is 9.48 Å². The van der Waals surface area contributed by atoms with Gasteiger partial charge in [-0.15, -0.1) is 0 Å². The minimum atomic E-state index is -0.430. The van der Waals surface area contributed by atoms with E-state index >= 15 is 0 Å². The summed E-state index contributed by atoms with van der Waals surface area (Å²) in [5.74, 6) is 0.491. The molecule has 0 spiro atoms. The third kappa shape index (κ3) is 4.35. The molecule has 0 fully saturated rings. The van der Waals surface area contributed by atoms with Crippen molar-refractivity contribution in [3.63, 3.8) is 0 Å². The Kier molecular flexibility index (Phi) is 6.34. The maximum atomic E-state index is 12.6. The van der Waals surface area contributed by atoms with Gasteiger partial charge in [-0.05, 0) is 31.9 Å². The lowest BCUT2D eigenvalue weighted by Gasteiger charge is -2.27. The zero-order valence-electron chi connectivity index (χ0n) is 16.7. The summed E-state index contributed by atoms with van der Waals surface area (Å²) in [5.41, 5.74) is 3.20. The molecule has 1 amide bonds. The first-order chi connectivity index (χ1) is 13.5. The Labute approximate surface area is 165 Å². The fourth-order valence-corrected chi connectivity index (χ4v) is 3.45. The van der Waals surface area contributed by atoms with Crippen LogP contribution in [0.15, 0.2) is 24.3 Å². The fourth-order valence-electron chi connectivity index (χ4n) is 3.45. The summed E-state index contributed by atoms with van der Waals surface area (Å²) in [6, 6.07) is 7.84. The van der Waals surface area contributed by atoms with Crippen molar-refractivity contribution in [1.29, 1.82) is 0 Å². The molecule has 7 heteroatoms. The van der Waals surface area contributed by atoms with Gasteiger partial charge >= 0.3 is 5.97 Å². The van der Waals surface area contributed by atoms with E-state index in [2.05, 4.69) is 5.10 Å². The molecule has 0 radical (unpaired) electrons. The van der Waals surface area contributed by atoms with Crippen molar-refractivity contribution in [2.75, 3.05) is 19.8 Å². The van der Waals surface area contributed by atoms with E-state index in [9.17, 15) is 9.59 Å². The predicted octanol–water partition coefficient (Wildman–Crippen LogP) is 2.65. The summed E-state index contributed by atoms with van der Waals surface area (Å²) < 4.78 is 12.6. The van der Waals surface area contributed by atoms with E-state index in [0.717, 1.165) is 22.6 Å². The van der Waals surface area contributed by atoms with Crippen LogP contribution in [0.2, 0.25) is 0 Å². The fraction of sp³-hybridized carbons (Fsp3) is 0.476. The molecule has 1 aromatic heterocycles. The average Bonchev–Trinajstić information content (AvgIpc) is 3.03. The Bertz CT molecular complexity index is 859. The van der Waals surface area contributed by atoms with Gasteiger partial charge in [0.1, 0.15) is 5.75 Å². The van der Waals surface area contributed by atoms with Crippen LogP contribution in [0.1, 0.15) is 47.1 Å². The van der Waals surface area contributed by atoms with Crippen molar-refractivity contribution in [2.24, 2.45) is 7.05 Å². The quantitative estimate of drug-likeness (QED) is 0.541. The topological polar surface area (TPSA) is 73.7 Å². The first-order valence-electron chi connectivity index (χ1n) is 9.69. The summed E-state index contributed by atoms with van der Waals surface area (Å²) in [6.07, 6.45) is 1.74. The molecule has 28 heavy (non-hydrogen) atoms. The molecule has 0 N–H and O–H groups in total. The number of carbonyl (C=O) groups excluding carboxylic acids is 2. The van der Waals surface area contributed by atoms with E-state index in [-0.39, 0.29) is 5.91 Å². The molecule has 3 rings (SSSR count). The summed E-state index contributed by atoms with van der Waals surface area (Å²) in [5, 5.41) is 4.31. The second-order valence-corrected chi connectivity index (χ2v) is 6.90. The van der Waals surface area contributed by atoms with Gasteiger partial charge in [-0.2, -0.15) is 5.10 Å². The molecule has 0 saturated heterocycles. The highest BCUT2D eigenvalue weighted by Gasteiger charge is 2.29. The number of hydrogen-bond donors (Lipinski definition) is 0. The Morgan fingerprint density at radius 1 is 1.25 bits per heavy atom. The molecule has 7 nitrogen and oxygen atoms in total. The first-order valence-corrected chi connectivity index (χ1v) is 9.69. The third-order valence-corrected chi connectivity index (χ3v) is 4.95. The number of rotatable bonds is 7. The number of benzene rings is 1. The van der Waals surface area contributed by atoms with Gasteiger partial charge in [0.25, 0.3) is 0 Å². The number of nitrogens with zero attached hydrogens (tertiary/aromatic N) is 3. The molecule has 0 unspecified atom stereocenters. The molecular formula is C21H27N3O4. The summed E-state index contributed by atoms with van der Waals surface area (Å²) in [7, 11) is 1.82. The third-order valence-electron chi connectivity index (χ3n) is 4.95. The number of para-hydroxylation sites is 1. The van der Waals surface area contributed by atoms with E-state index < -0.39 is 5.97 Å². The van der Waals surface area contributed by atoms with E-state index in [1.165, 1.54) is 0 Å². The van der Waals surface area contributed by atoms with E-state index in [4.69, 9.17) is 9.47 Å². The second-order valence-electron chi connectivity index (χ2n) is 6.90. The molecule has 2 aromatic rings. The van der Waals surface area contributed by atoms with Crippen molar-refractivity contribution in [3.05, 3.63) is 46.8 Å². The smallest absolute Gasteiger partial charge is 0.359 e. The molecule has 0 saturated carbocycles. The molecule has 0 aliphatic carbocycles. The largest absolute Gasteiger partial charge is 0.493 e. The van der Waals surface area contributed by atoms with Gasteiger partial charge in [0.15, 0.2) is 5.69 Å². The van der Waals surface area contributed by atoms with Crippen LogP contribution >= 0.6 is 0 Å². The van der Waals surface area contributed by atoms with Gasteiger partial charge in [0.05, 0.1) is 13.2 Å². The highest BCUT2D eigenvalue weighted by molar-refractivity contribution is 5.89. The van der Waals surface area contributed by atoms with Crippen LogP contribution in [0.3, 0.4) is 0 Å². The Hall–Kier alpha value is -2.83. The van der Waals surface area contributed by atoms with Crippen molar-refractivity contribution in [2.45, 2.75) is 39.7 Å². The number of ether oxygens (including phenoxy) is 2. The predicted molar refractivity (Wildman–Crippen MR) is 104 cm³/mol. The summed E-state index contributed by atoms with van der Waals surface area (Å²) in [4.78, 5) is 26.6. The van der Waals surface area contributed by atoms with Crippen LogP contribution in [-0.4, -0.2) is 46.3 Å². The molecule has 1 aliphatic rings. The molecule has 1 aromatic carbocycles. The van der Waals surface area contributed by atoms with Gasteiger partial charge in [-0.1, -0.05) is 18.2 Å². The van der Waals surface area contributed by atoms with Crippen LogP contribution in [0, 0.1) is 6.92 Å². The molecule has 2 heterocycles. The number of carbonyl (C=O) groups is 2. The molecule has 150 valence electrons. The Morgan fingerprint density at radius 2 is 2.04 bits per heavy atom. The maximum Gasteiger partial charge on any atom is 0.359 e. The van der Waals surface area contributed by atoms with Crippen LogP contribution in [-0.2, 0) is 29.5 Å². The van der Waals surface area contributed by atoms with Gasteiger partial charge in [0.2, 0.25) is 5.91 Å². The summed E-state index contributed by atoms with van der Waals surface area (Å²) in [6.45, 7) is 5.59. The van der Waals surface area contributed by atoms with Gasteiger partial charge in [-0.25, -0.2) is 4.79 Å². The first kappa shape index (κ1) is 19.9. The zero-order valence-corrected chi connectivity index (χ0v) is 16.7. The van der Waals surface area contributed by atoms with Gasteiger partial charge in [0, 0.05) is 44.2 Å². The van der Waals surface area contributed by atoms with Crippen LogP contribution in [0.25, 0.3) is 0 Å². The number of aryl methyl sites for hydroxylation is 2. The van der Waals surface area contributed by atoms with Crippen molar-refractivity contribution >= 4 is 11.9 Å². The highest BCUT2D eigenvalue weighted by atomic mass is 16.5. The lowest BCUT2D eigenvalue weighted by atomic mass is 10.0. The number of esters is 1. The van der Waals surface area contributed by atoms with E-state index in [1.54, 1.807) is 16.5 Å². The van der Waals surface area contributed by atoms with Crippen molar-refractivity contribution < 1.29 is 19.1 Å². The number of amides is 1. The SMILES string of the molecule is CCOC(=O)c1nn(C)c2c1CN(C(=O)CCCOc1ccccc1C)CC2. The normalized spacial score (nSPS) is 13.2. The van der Waals surface area contributed by atoms with Crippen molar-refractivity contribution in [3.8, 4) is 5.75 Å². The lowest BCUT2D eigenvalue weighted by molar-refractivity contribution is -0.132. The minimum absolute atomic E-state index is 0.0673. The average molecular weight is 385 g/mol. The van der Waals surface area contributed by atoms with E-state index in [0.29, 0.717) is 51.3 Å². The number of fused-ring (bicyclic) bond motifs is 1. The zero-order chi connectivity index (χ0) is 20.1. The number of aromatic nitrogens is 2. The highest BCUT2D eigenvalue weighted by Crippen LogP contribution is 2.23. The van der Waals surface area contributed by atoms with Gasteiger partial charge < -0.3 is 14.4 Å². The minimum Gasteiger partial charge on any atom is -0.493 e. The molecule has 1 aliphatic heterocycles. The van der Waals surface area contributed by atoms with Crippen LogP contribution < -0.4 is 4.74 Å². The lowest BCUT2D eigenvalue weighted by Crippen LogP contribution is -2.36. The van der Waals surface area contributed by atoms with Crippen molar-refractivity contribution in [1.82, 2.24) is 14.7 Å². The Morgan fingerprint density at radius 3 is 2.79 bits per heavy atom. The monoisotopic (exact) mass is 385 g/mol. The second kappa shape index (κ2) is 8.91. The standard InChI is InChI=1S/C21H27N3O4/c1-4-27-21(26)20-16-14-24(12-11-17(16)23(3)22-20)19(25)10-7-13-28-18-9-6-5-8-15(18)2/h5-6,8-9H,4,7,10-14H2,1-3H3. The number of hydrogen-bond acceptors (Lipinski definition) is 5. The molecule has 0 bridgehead atoms. The molecular weight excluding hydrogens is 358 g/mol. The molecule has 0 atom stereocenters. The van der Waals surface area contributed by atoms with Crippen LogP contribution in [0.5, 0.6) is 5.75 Å². The Balaban J connectivity index is 1.55. The maximum absolute atomic E-state index is 12.6. The summed E-state index contributed by atoms with van der Waals surface area (Å²) >= 11 is 0. The van der Waals surface area contributed by atoms with Crippen LogP contribution in [0.4, 0.5) is 0 Å².